The van der Waals surface area contributed by atoms with Crippen LogP contribution in [0.4, 0.5) is 17.2 Å². The minimum Gasteiger partial charge on any atom is -0.378 e. The highest BCUT2D eigenvalue weighted by Crippen LogP contribution is 2.17. The number of anilines is 3. The van der Waals surface area contributed by atoms with Crippen LogP contribution in [-0.2, 0) is 9.53 Å². The maximum atomic E-state index is 12.4. The monoisotopic (exact) mass is 340 g/mol. The van der Waals surface area contributed by atoms with Crippen molar-refractivity contribution in [3.63, 3.8) is 0 Å². The Kier molecular flexibility index (Phi) is 5.25. The largest absolute Gasteiger partial charge is 0.378 e. The lowest BCUT2D eigenvalue weighted by atomic mass is 10.2. The molecule has 0 unspecified atom stereocenters. The molecule has 1 aliphatic heterocycles. The van der Waals surface area contributed by atoms with Crippen LogP contribution in [0.3, 0.4) is 0 Å². The Morgan fingerprint density at radius 1 is 1.08 bits per heavy atom. The Morgan fingerprint density at radius 2 is 1.80 bits per heavy atom. The number of hydrogen-bond donors (Lipinski definition) is 2. The van der Waals surface area contributed by atoms with E-state index in [9.17, 15) is 9.59 Å². The van der Waals surface area contributed by atoms with Crippen LogP contribution in [0.5, 0.6) is 0 Å². The van der Waals surface area contributed by atoms with Gasteiger partial charge in [-0.3, -0.25) is 9.59 Å². The van der Waals surface area contributed by atoms with Crippen LogP contribution in [0.25, 0.3) is 0 Å². The van der Waals surface area contributed by atoms with Crippen LogP contribution < -0.4 is 15.5 Å². The lowest BCUT2D eigenvalue weighted by Crippen LogP contribution is -2.36. The van der Waals surface area contributed by atoms with Crippen LogP contribution >= 0.6 is 0 Å². The quantitative estimate of drug-likeness (QED) is 0.891. The van der Waals surface area contributed by atoms with Crippen molar-refractivity contribution in [2.24, 2.45) is 0 Å². The molecule has 0 spiro atoms. The van der Waals surface area contributed by atoms with E-state index in [2.05, 4.69) is 20.5 Å². The maximum absolute atomic E-state index is 12.4. The summed E-state index contributed by atoms with van der Waals surface area (Å²) >= 11 is 0. The highest BCUT2D eigenvalue weighted by molar-refractivity contribution is 6.04. The molecule has 0 aliphatic carbocycles. The third kappa shape index (κ3) is 4.54. The number of carbonyl (C=O) groups is 2. The number of nitrogens with zero attached hydrogens (tertiary/aromatic N) is 2. The van der Waals surface area contributed by atoms with E-state index in [0.29, 0.717) is 30.2 Å². The second kappa shape index (κ2) is 7.76. The van der Waals surface area contributed by atoms with Gasteiger partial charge in [0.05, 0.1) is 18.8 Å². The maximum Gasteiger partial charge on any atom is 0.257 e. The van der Waals surface area contributed by atoms with Gasteiger partial charge in [0.25, 0.3) is 5.91 Å². The number of nitrogens with one attached hydrogen (secondary N) is 2. The summed E-state index contributed by atoms with van der Waals surface area (Å²) in [4.78, 5) is 30.0. The number of aromatic nitrogens is 1. The number of benzene rings is 1. The number of morpholine rings is 1. The summed E-state index contributed by atoms with van der Waals surface area (Å²) < 4.78 is 5.32. The first-order valence-electron chi connectivity index (χ1n) is 8.09. The smallest absolute Gasteiger partial charge is 0.257 e. The van der Waals surface area contributed by atoms with Gasteiger partial charge in [-0.05, 0) is 30.3 Å². The van der Waals surface area contributed by atoms with E-state index >= 15 is 0 Å². The van der Waals surface area contributed by atoms with Crippen LogP contribution in [0.15, 0.2) is 42.6 Å². The van der Waals surface area contributed by atoms with Crippen LogP contribution in [0, 0.1) is 0 Å². The van der Waals surface area contributed by atoms with Gasteiger partial charge in [-0.15, -0.1) is 0 Å². The van der Waals surface area contributed by atoms with Crippen molar-refractivity contribution in [3.05, 3.63) is 48.2 Å². The van der Waals surface area contributed by atoms with Gasteiger partial charge >= 0.3 is 0 Å². The first-order chi connectivity index (χ1) is 12.1. The summed E-state index contributed by atoms with van der Waals surface area (Å²) in [6, 6.07) is 10.6. The first-order valence-corrected chi connectivity index (χ1v) is 8.09. The third-order valence-electron chi connectivity index (χ3n) is 3.79. The topological polar surface area (TPSA) is 83.6 Å². The van der Waals surface area contributed by atoms with Gasteiger partial charge in [-0.25, -0.2) is 4.98 Å². The summed E-state index contributed by atoms with van der Waals surface area (Å²) in [5.74, 6) is 0.430. The van der Waals surface area contributed by atoms with Crippen LogP contribution in [-0.4, -0.2) is 43.1 Å². The van der Waals surface area contributed by atoms with E-state index in [-0.39, 0.29) is 11.8 Å². The molecule has 2 aromatic rings. The van der Waals surface area contributed by atoms with E-state index in [0.717, 1.165) is 18.9 Å². The predicted molar refractivity (Wildman–Crippen MR) is 96.0 cm³/mol. The van der Waals surface area contributed by atoms with Gasteiger partial charge in [0.15, 0.2) is 0 Å². The Labute approximate surface area is 146 Å². The zero-order chi connectivity index (χ0) is 17.6. The third-order valence-corrected chi connectivity index (χ3v) is 3.79. The molecule has 1 aromatic carbocycles. The molecule has 25 heavy (non-hydrogen) atoms. The molecule has 3 rings (SSSR count). The van der Waals surface area contributed by atoms with Crippen molar-refractivity contribution in [2.45, 2.75) is 6.92 Å². The minimum atomic E-state index is -0.249. The first kappa shape index (κ1) is 16.9. The number of ether oxygens (including phenoxy) is 1. The summed E-state index contributed by atoms with van der Waals surface area (Å²) in [6.45, 7) is 4.42. The van der Waals surface area contributed by atoms with Gasteiger partial charge in [-0.2, -0.15) is 0 Å². The highest BCUT2D eigenvalue weighted by Gasteiger charge is 2.13. The molecule has 0 radical (unpaired) electrons. The average Bonchev–Trinajstić information content (AvgIpc) is 2.62. The fourth-order valence-corrected chi connectivity index (χ4v) is 2.58. The number of hydrogen-bond acceptors (Lipinski definition) is 5. The van der Waals surface area contributed by atoms with Gasteiger partial charge in [0, 0.05) is 37.6 Å². The zero-order valence-corrected chi connectivity index (χ0v) is 14.0. The molecule has 7 nitrogen and oxygen atoms in total. The van der Waals surface area contributed by atoms with Gasteiger partial charge in [-0.1, -0.05) is 6.07 Å². The number of carbonyl (C=O) groups excluding carboxylic acids is 2. The Hall–Kier alpha value is -2.93. The Morgan fingerprint density at radius 3 is 2.44 bits per heavy atom. The van der Waals surface area contributed by atoms with Crippen molar-refractivity contribution >= 4 is 29.0 Å². The fourth-order valence-electron chi connectivity index (χ4n) is 2.58. The van der Waals surface area contributed by atoms with Crippen molar-refractivity contribution < 1.29 is 14.3 Å². The van der Waals surface area contributed by atoms with Crippen molar-refractivity contribution in [1.82, 2.24) is 4.98 Å². The minimum absolute atomic E-state index is 0.161. The number of pyridine rings is 1. The molecule has 1 aliphatic rings. The van der Waals surface area contributed by atoms with Gasteiger partial charge < -0.3 is 20.3 Å². The highest BCUT2D eigenvalue weighted by atomic mass is 16.5. The molecular formula is C18H20N4O3. The van der Waals surface area contributed by atoms with Gasteiger partial charge in [0.1, 0.15) is 5.82 Å². The van der Waals surface area contributed by atoms with E-state index in [4.69, 9.17) is 4.74 Å². The molecule has 1 aromatic heterocycles. The number of rotatable bonds is 4. The number of amides is 2. The molecular weight excluding hydrogens is 320 g/mol. The normalized spacial score (nSPS) is 14.0. The second-order valence-corrected chi connectivity index (χ2v) is 5.72. The van der Waals surface area contributed by atoms with E-state index in [1.165, 1.54) is 6.92 Å². The van der Waals surface area contributed by atoms with Crippen LogP contribution in [0.2, 0.25) is 0 Å². The Balaban J connectivity index is 1.65. The predicted octanol–water partition coefficient (Wildman–Crippen LogP) is 2.13. The lowest BCUT2D eigenvalue weighted by molar-refractivity contribution is -0.114. The standard InChI is InChI=1S/C18H20N4O3/c1-13(23)20-15-3-2-4-16(11-15)21-18(24)14-5-6-17(19-12-14)22-7-9-25-10-8-22/h2-6,11-12H,7-10H2,1H3,(H,20,23)(H,21,24). The molecule has 130 valence electrons. The molecule has 7 heteroatoms. The lowest BCUT2D eigenvalue weighted by Gasteiger charge is -2.27. The van der Waals surface area contributed by atoms with Crippen LogP contribution in [0.1, 0.15) is 17.3 Å². The van der Waals surface area contributed by atoms with Crippen molar-refractivity contribution in [3.8, 4) is 0 Å². The summed E-state index contributed by atoms with van der Waals surface area (Å²) in [6.07, 6.45) is 1.57. The summed E-state index contributed by atoms with van der Waals surface area (Å²) in [5.41, 5.74) is 1.71. The summed E-state index contributed by atoms with van der Waals surface area (Å²) in [5, 5.41) is 5.49. The van der Waals surface area contributed by atoms with Crippen molar-refractivity contribution in [1.29, 1.82) is 0 Å². The molecule has 1 fully saturated rings. The second-order valence-electron chi connectivity index (χ2n) is 5.72. The molecule has 2 N–H and O–H groups in total. The van der Waals surface area contributed by atoms with E-state index in [1.54, 1.807) is 36.5 Å². The molecule has 0 atom stereocenters. The molecule has 1 saturated heterocycles. The SMILES string of the molecule is CC(=O)Nc1cccc(NC(=O)c2ccc(N3CCOCC3)nc2)c1. The molecule has 0 saturated carbocycles. The fraction of sp³-hybridized carbons (Fsp3) is 0.278. The molecule has 2 heterocycles. The van der Waals surface area contributed by atoms with Crippen molar-refractivity contribution in [2.75, 3.05) is 41.8 Å². The molecule has 2 amide bonds. The zero-order valence-electron chi connectivity index (χ0n) is 14.0. The molecule has 0 bridgehead atoms. The summed E-state index contributed by atoms with van der Waals surface area (Å²) in [7, 11) is 0. The average molecular weight is 340 g/mol. The Bertz CT molecular complexity index is 755. The van der Waals surface area contributed by atoms with Gasteiger partial charge in [0.2, 0.25) is 5.91 Å². The van der Waals surface area contributed by atoms with E-state index in [1.807, 2.05) is 6.07 Å². The van der Waals surface area contributed by atoms with E-state index < -0.39 is 0 Å².